The number of hydrogen-bond acceptors (Lipinski definition) is 2. The van der Waals surface area contributed by atoms with Gasteiger partial charge in [-0.25, -0.2) is 0 Å². The first-order valence-corrected chi connectivity index (χ1v) is 5.65. The molecule has 6 heteroatoms. The third kappa shape index (κ3) is 4.35. The SMILES string of the molecule is C#CCNC(=O)COc1c(Cl)cc(Cl)cc1Cl. The van der Waals surface area contributed by atoms with E-state index in [9.17, 15) is 4.79 Å². The van der Waals surface area contributed by atoms with Gasteiger partial charge in [-0.3, -0.25) is 4.79 Å². The Hall–Kier alpha value is -1.08. The average Bonchev–Trinajstić information content (AvgIpc) is 2.24. The van der Waals surface area contributed by atoms with Crippen LogP contribution >= 0.6 is 34.8 Å². The summed E-state index contributed by atoms with van der Waals surface area (Å²) in [7, 11) is 0. The number of benzene rings is 1. The molecule has 1 N–H and O–H groups in total. The van der Waals surface area contributed by atoms with Crippen molar-refractivity contribution >= 4 is 40.7 Å². The molecule has 0 aliphatic heterocycles. The Morgan fingerprint density at radius 1 is 1.35 bits per heavy atom. The van der Waals surface area contributed by atoms with Crippen LogP contribution < -0.4 is 10.1 Å². The molecule has 1 amide bonds. The summed E-state index contributed by atoms with van der Waals surface area (Å²) in [5.41, 5.74) is 0. The highest BCUT2D eigenvalue weighted by Crippen LogP contribution is 2.35. The van der Waals surface area contributed by atoms with E-state index >= 15 is 0 Å². The van der Waals surface area contributed by atoms with E-state index in [0.29, 0.717) is 5.02 Å². The molecule has 90 valence electrons. The third-order valence-electron chi connectivity index (χ3n) is 1.70. The molecule has 17 heavy (non-hydrogen) atoms. The number of hydrogen-bond donors (Lipinski definition) is 1. The number of halogens is 3. The highest BCUT2D eigenvalue weighted by Gasteiger charge is 2.10. The predicted molar refractivity (Wildman–Crippen MR) is 68.8 cm³/mol. The Balaban J connectivity index is 2.64. The summed E-state index contributed by atoms with van der Waals surface area (Å²) in [6.07, 6.45) is 4.99. The minimum atomic E-state index is -0.356. The van der Waals surface area contributed by atoms with E-state index in [0.717, 1.165) is 0 Å². The molecule has 0 spiro atoms. The number of terminal acetylenes is 1. The predicted octanol–water partition coefficient (Wildman–Crippen LogP) is 2.78. The summed E-state index contributed by atoms with van der Waals surface area (Å²) in [4.78, 5) is 11.2. The maximum atomic E-state index is 11.2. The molecule has 0 saturated heterocycles. The number of amides is 1. The number of rotatable bonds is 4. The third-order valence-corrected chi connectivity index (χ3v) is 2.48. The van der Waals surface area contributed by atoms with Crippen molar-refractivity contribution in [2.45, 2.75) is 0 Å². The minimum Gasteiger partial charge on any atom is -0.481 e. The lowest BCUT2D eigenvalue weighted by molar-refractivity contribution is -0.122. The van der Waals surface area contributed by atoms with E-state index in [2.05, 4.69) is 11.2 Å². The van der Waals surface area contributed by atoms with Crippen molar-refractivity contribution in [3.8, 4) is 18.1 Å². The van der Waals surface area contributed by atoms with Gasteiger partial charge in [0, 0.05) is 5.02 Å². The molecule has 0 aromatic heterocycles. The first-order valence-electron chi connectivity index (χ1n) is 4.52. The van der Waals surface area contributed by atoms with E-state index in [-0.39, 0.29) is 34.9 Å². The van der Waals surface area contributed by atoms with Crippen molar-refractivity contribution in [1.29, 1.82) is 0 Å². The second-order valence-electron chi connectivity index (χ2n) is 2.97. The van der Waals surface area contributed by atoms with E-state index in [4.69, 9.17) is 46.0 Å². The Morgan fingerprint density at radius 2 is 1.94 bits per heavy atom. The maximum absolute atomic E-state index is 11.2. The smallest absolute Gasteiger partial charge is 0.258 e. The Morgan fingerprint density at radius 3 is 2.47 bits per heavy atom. The van der Waals surface area contributed by atoms with Gasteiger partial charge in [0.25, 0.3) is 5.91 Å². The summed E-state index contributed by atoms with van der Waals surface area (Å²) >= 11 is 17.5. The van der Waals surface area contributed by atoms with Crippen LogP contribution in [-0.2, 0) is 4.79 Å². The van der Waals surface area contributed by atoms with E-state index in [1.54, 1.807) is 0 Å². The fraction of sp³-hybridized carbons (Fsp3) is 0.182. The van der Waals surface area contributed by atoms with Gasteiger partial charge in [0.05, 0.1) is 16.6 Å². The summed E-state index contributed by atoms with van der Waals surface area (Å²) in [5, 5.41) is 3.32. The van der Waals surface area contributed by atoms with Gasteiger partial charge in [-0.2, -0.15) is 0 Å². The molecular weight excluding hydrogens is 284 g/mol. The van der Waals surface area contributed by atoms with Gasteiger partial charge in [0.1, 0.15) is 0 Å². The van der Waals surface area contributed by atoms with Crippen LogP contribution in [0.25, 0.3) is 0 Å². The van der Waals surface area contributed by atoms with E-state index in [1.165, 1.54) is 12.1 Å². The van der Waals surface area contributed by atoms with Crippen LogP contribution in [0.5, 0.6) is 5.75 Å². The molecule has 0 fully saturated rings. The number of ether oxygens (including phenoxy) is 1. The highest BCUT2D eigenvalue weighted by atomic mass is 35.5. The molecule has 1 rings (SSSR count). The van der Waals surface area contributed by atoms with Gasteiger partial charge in [-0.05, 0) is 12.1 Å². The summed E-state index contributed by atoms with van der Waals surface area (Å²) in [6.45, 7) is -0.0764. The van der Waals surface area contributed by atoms with Gasteiger partial charge in [0.15, 0.2) is 12.4 Å². The quantitative estimate of drug-likeness (QED) is 0.867. The average molecular weight is 293 g/mol. The largest absolute Gasteiger partial charge is 0.481 e. The Kier molecular flexibility index (Phi) is 5.43. The topological polar surface area (TPSA) is 38.3 Å². The van der Waals surface area contributed by atoms with Crippen molar-refractivity contribution < 1.29 is 9.53 Å². The monoisotopic (exact) mass is 291 g/mol. The summed E-state index contributed by atoms with van der Waals surface area (Å²) in [6, 6.07) is 2.95. The molecule has 3 nitrogen and oxygen atoms in total. The summed E-state index contributed by atoms with van der Waals surface area (Å²) < 4.78 is 5.18. The lowest BCUT2D eigenvalue weighted by atomic mass is 10.3. The van der Waals surface area contributed by atoms with Crippen LogP contribution in [0, 0.1) is 12.3 Å². The molecule has 0 aliphatic rings. The van der Waals surface area contributed by atoms with Crippen molar-refractivity contribution in [3.05, 3.63) is 27.2 Å². The molecule has 0 radical (unpaired) electrons. The zero-order valence-corrected chi connectivity index (χ0v) is 10.9. The lowest BCUT2D eigenvalue weighted by Crippen LogP contribution is -2.29. The molecule has 0 bridgehead atoms. The maximum Gasteiger partial charge on any atom is 0.258 e. The molecule has 0 heterocycles. The molecule has 0 aliphatic carbocycles. The van der Waals surface area contributed by atoms with Crippen LogP contribution in [0.2, 0.25) is 15.1 Å². The second kappa shape index (κ2) is 6.61. The van der Waals surface area contributed by atoms with E-state index < -0.39 is 0 Å². The van der Waals surface area contributed by atoms with Crippen molar-refractivity contribution in [2.75, 3.05) is 13.2 Å². The Bertz CT molecular complexity index is 445. The zero-order valence-electron chi connectivity index (χ0n) is 8.60. The minimum absolute atomic E-state index is 0.143. The molecule has 0 atom stereocenters. The highest BCUT2D eigenvalue weighted by molar-refractivity contribution is 6.40. The van der Waals surface area contributed by atoms with Crippen LogP contribution in [-0.4, -0.2) is 19.1 Å². The second-order valence-corrected chi connectivity index (χ2v) is 4.22. The molecule has 0 saturated carbocycles. The van der Waals surface area contributed by atoms with Crippen LogP contribution in [0.1, 0.15) is 0 Å². The van der Waals surface area contributed by atoms with Gasteiger partial charge in [0.2, 0.25) is 0 Å². The number of carbonyl (C=O) groups excluding carboxylic acids is 1. The summed E-state index contributed by atoms with van der Waals surface area (Å²) in [5.74, 6) is 2.13. The first kappa shape index (κ1) is 14.0. The van der Waals surface area contributed by atoms with Crippen molar-refractivity contribution in [3.63, 3.8) is 0 Å². The van der Waals surface area contributed by atoms with Gasteiger partial charge < -0.3 is 10.1 Å². The van der Waals surface area contributed by atoms with Crippen LogP contribution in [0.3, 0.4) is 0 Å². The standard InChI is InChI=1S/C11H8Cl3NO2/c1-2-3-15-10(16)6-17-11-8(13)4-7(12)5-9(11)14/h1,4-5H,3,6H2,(H,15,16). The number of nitrogens with one attached hydrogen (secondary N) is 1. The normalized spacial score (nSPS) is 9.53. The fourth-order valence-corrected chi connectivity index (χ4v) is 1.93. The van der Waals surface area contributed by atoms with Gasteiger partial charge >= 0.3 is 0 Å². The fourth-order valence-electron chi connectivity index (χ4n) is 1.01. The van der Waals surface area contributed by atoms with E-state index in [1.807, 2.05) is 0 Å². The Labute approximate surface area is 114 Å². The van der Waals surface area contributed by atoms with Crippen LogP contribution in [0.15, 0.2) is 12.1 Å². The van der Waals surface area contributed by atoms with Crippen molar-refractivity contribution in [1.82, 2.24) is 5.32 Å². The first-order chi connectivity index (χ1) is 8.04. The molecule has 0 unspecified atom stereocenters. The van der Waals surface area contributed by atoms with Crippen LogP contribution in [0.4, 0.5) is 0 Å². The molecule has 1 aromatic rings. The zero-order chi connectivity index (χ0) is 12.8. The molecular formula is C11H8Cl3NO2. The van der Waals surface area contributed by atoms with Gasteiger partial charge in [-0.15, -0.1) is 6.42 Å². The van der Waals surface area contributed by atoms with Crippen molar-refractivity contribution in [2.24, 2.45) is 0 Å². The lowest BCUT2D eigenvalue weighted by Gasteiger charge is -2.09. The number of carbonyl (C=O) groups is 1. The van der Waals surface area contributed by atoms with Gasteiger partial charge in [-0.1, -0.05) is 40.7 Å². The molecule has 1 aromatic carbocycles.